The topological polar surface area (TPSA) is 153 Å². The monoisotopic (exact) mass is 760 g/mol. The summed E-state index contributed by atoms with van der Waals surface area (Å²) >= 11 is 0. The molecule has 2 amide bonds. The van der Waals surface area contributed by atoms with Crippen molar-refractivity contribution in [1.29, 1.82) is 0 Å². The number of fused-ring (bicyclic) bond motifs is 2. The van der Waals surface area contributed by atoms with E-state index in [4.69, 9.17) is 13.9 Å². The first-order valence-electron chi connectivity index (χ1n) is 19.4. The number of alkyl carbamates (subject to hydrolysis) is 2. The van der Waals surface area contributed by atoms with Gasteiger partial charge in [0.25, 0.3) is 0 Å². The Hall–Kier alpha value is -4.62. The number of amides is 2. The van der Waals surface area contributed by atoms with E-state index in [-0.39, 0.29) is 35.8 Å². The quantitative estimate of drug-likeness (QED) is 0.0847. The zero-order valence-electron chi connectivity index (χ0n) is 31.3. The summed E-state index contributed by atoms with van der Waals surface area (Å²) < 4.78 is 57.3. The van der Waals surface area contributed by atoms with Crippen molar-refractivity contribution in [3.8, 4) is 22.5 Å². The molecule has 0 radical (unpaired) electrons. The summed E-state index contributed by atoms with van der Waals surface area (Å²) in [6, 6.07) is 17.9. The highest BCUT2D eigenvalue weighted by Crippen LogP contribution is 2.43. The molecule has 290 valence electrons. The van der Waals surface area contributed by atoms with Crippen molar-refractivity contribution < 1.29 is 36.5 Å². The van der Waals surface area contributed by atoms with Gasteiger partial charge < -0.3 is 34.0 Å². The molecule has 0 atom stereocenters. The molecule has 0 saturated heterocycles. The van der Waals surface area contributed by atoms with E-state index >= 15 is 0 Å². The Labute approximate surface area is 317 Å². The van der Waals surface area contributed by atoms with E-state index < -0.39 is 22.3 Å². The zero-order chi connectivity index (χ0) is 38.1. The van der Waals surface area contributed by atoms with Gasteiger partial charge in [0.1, 0.15) is 34.6 Å². The molecule has 1 heterocycles. The van der Waals surface area contributed by atoms with Crippen molar-refractivity contribution in [2.45, 2.75) is 95.0 Å². The van der Waals surface area contributed by atoms with Crippen molar-refractivity contribution in [3.63, 3.8) is 0 Å². The normalized spacial score (nSPS) is 16.2. The average Bonchev–Trinajstić information content (AvgIpc) is 3.17. The van der Waals surface area contributed by atoms with Crippen LogP contribution in [0.3, 0.4) is 0 Å². The number of hydrogen-bond acceptors (Lipinski definition) is 9. The van der Waals surface area contributed by atoms with E-state index in [1.165, 1.54) is 25.0 Å². The van der Waals surface area contributed by atoms with Crippen LogP contribution in [0.2, 0.25) is 0 Å². The van der Waals surface area contributed by atoms with Gasteiger partial charge in [0, 0.05) is 58.5 Å². The van der Waals surface area contributed by atoms with Crippen LogP contribution in [-0.4, -0.2) is 76.6 Å². The molecule has 54 heavy (non-hydrogen) atoms. The third-order valence-electron chi connectivity index (χ3n) is 10.7. The fourth-order valence-electron chi connectivity index (χ4n) is 7.79. The molecule has 2 saturated carbocycles. The van der Waals surface area contributed by atoms with E-state index in [2.05, 4.69) is 20.1 Å². The lowest BCUT2D eigenvalue weighted by atomic mass is 9.93. The van der Waals surface area contributed by atoms with Crippen molar-refractivity contribution in [2.24, 2.45) is 0 Å². The molecular weight excluding hydrogens is 709 g/mol. The molecule has 2 aromatic carbocycles. The summed E-state index contributed by atoms with van der Waals surface area (Å²) in [6.45, 7) is 6.59. The summed E-state index contributed by atoms with van der Waals surface area (Å²) in [5.74, 6) is 0.491. The van der Waals surface area contributed by atoms with Crippen LogP contribution in [-0.2, 0) is 19.6 Å². The minimum atomic E-state index is -4.81. The van der Waals surface area contributed by atoms with Gasteiger partial charge in [0.15, 0.2) is 13.2 Å². The first kappa shape index (κ1) is 39.1. The Morgan fingerprint density at radius 1 is 0.833 bits per heavy atom. The molecule has 0 spiro atoms. The molecule has 2 aromatic rings. The molecule has 13 heteroatoms. The minimum Gasteiger partial charge on any atom is -0.744 e. The molecular formula is C41H52N4O8S. The summed E-state index contributed by atoms with van der Waals surface area (Å²) in [7, 11) is -4.81. The molecule has 1 aliphatic heterocycles. The average molecular weight is 761 g/mol. The van der Waals surface area contributed by atoms with Gasteiger partial charge in [0.05, 0.1) is 17.5 Å². The SMILES string of the molecule is CCN(CCOC(=O)NC1CCCCC1)c1ccc2c(-c3ccccc3S(=O)(=O)[O-])c3cc/c(=[N+](/CC)CCOC(=O)NC4CCCCC4)cc-3oc2c1. The smallest absolute Gasteiger partial charge is 0.407 e. The number of nitrogens with zero attached hydrogens (tertiary/aromatic N) is 2. The van der Waals surface area contributed by atoms with Gasteiger partial charge in [-0.3, -0.25) is 0 Å². The zero-order valence-corrected chi connectivity index (χ0v) is 32.1. The van der Waals surface area contributed by atoms with Gasteiger partial charge in [-0.1, -0.05) is 56.7 Å². The number of ether oxygens (including phenoxy) is 2. The molecule has 12 nitrogen and oxygen atoms in total. The van der Waals surface area contributed by atoms with E-state index in [1.54, 1.807) is 12.1 Å². The van der Waals surface area contributed by atoms with Gasteiger partial charge >= 0.3 is 12.2 Å². The number of carbonyl (C=O) groups is 2. The predicted octanol–water partition coefficient (Wildman–Crippen LogP) is 6.84. The highest BCUT2D eigenvalue weighted by Gasteiger charge is 2.23. The van der Waals surface area contributed by atoms with E-state index in [0.29, 0.717) is 54.0 Å². The van der Waals surface area contributed by atoms with Crippen molar-refractivity contribution >= 4 is 39.0 Å². The lowest BCUT2D eigenvalue weighted by Crippen LogP contribution is -2.38. The number of anilines is 1. The second-order valence-electron chi connectivity index (χ2n) is 14.2. The van der Waals surface area contributed by atoms with Gasteiger partial charge in [-0.05, 0) is 63.8 Å². The van der Waals surface area contributed by atoms with E-state index in [9.17, 15) is 22.6 Å². The van der Waals surface area contributed by atoms with E-state index in [0.717, 1.165) is 62.4 Å². The summed E-state index contributed by atoms with van der Waals surface area (Å²) in [4.78, 5) is 26.7. The maximum atomic E-state index is 12.5. The number of rotatable bonds is 13. The molecule has 2 N–H and O–H groups in total. The fourth-order valence-corrected chi connectivity index (χ4v) is 8.47. The summed E-state index contributed by atoms with van der Waals surface area (Å²) in [6.07, 6.45) is 9.97. The Kier molecular flexibility index (Phi) is 13.1. The number of hydrogen-bond donors (Lipinski definition) is 2. The second kappa shape index (κ2) is 18.1. The van der Waals surface area contributed by atoms with Crippen LogP contribution in [0.5, 0.6) is 0 Å². The molecule has 6 rings (SSSR count). The predicted molar refractivity (Wildman–Crippen MR) is 208 cm³/mol. The summed E-state index contributed by atoms with van der Waals surface area (Å²) in [5, 5.41) is 7.44. The molecule has 0 unspecified atom stereocenters. The Morgan fingerprint density at radius 2 is 1.48 bits per heavy atom. The molecule has 2 fully saturated rings. The largest absolute Gasteiger partial charge is 0.744 e. The fraction of sp³-hybridized carbons (Fsp3) is 0.488. The summed E-state index contributed by atoms with van der Waals surface area (Å²) in [5.41, 5.74) is 2.81. The minimum absolute atomic E-state index is 0.164. The third kappa shape index (κ3) is 9.72. The lowest BCUT2D eigenvalue weighted by molar-refractivity contribution is 0.138. The Balaban J connectivity index is 1.31. The number of likely N-dealkylation sites (N-methyl/N-ethyl adjacent to an activating group) is 2. The van der Waals surface area contributed by atoms with Crippen molar-refractivity contribution in [1.82, 2.24) is 15.2 Å². The van der Waals surface area contributed by atoms with Gasteiger partial charge in [-0.25, -0.2) is 22.6 Å². The van der Waals surface area contributed by atoms with Crippen LogP contribution in [0.25, 0.3) is 33.4 Å². The Morgan fingerprint density at radius 3 is 2.11 bits per heavy atom. The number of carbonyl (C=O) groups excluding carboxylic acids is 2. The van der Waals surface area contributed by atoms with Crippen LogP contribution in [0.15, 0.2) is 70.0 Å². The number of benzene rings is 3. The van der Waals surface area contributed by atoms with Gasteiger partial charge in [-0.2, -0.15) is 0 Å². The highest BCUT2D eigenvalue weighted by atomic mass is 32.2. The van der Waals surface area contributed by atoms with Gasteiger partial charge in [-0.15, -0.1) is 0 Å². The molecule has 0 aromatic heterocycles. The first-order chi connectivity index (χ1) is 26.1. The van der Waals surface area contributed by atoms with Crippen molar-refractivity contribution in [2.75, 3.05) is 44.3 Å². The first-order valence-corrected chi connectivity index (χ1v) is 20.8. The maximum absolute atomic E-state index is 12.5. The number of nitrogens with one attached hydrogen (secondary N) is 2. The van der Waals surface area contributed by atoms with Crippen LogP contribution in [0.4, 0.5) is 15.3 Å². The standard InChI is InChI=1S/C41H52N4O8S/c1-3-44(23-25-51-40(46)42-29-13-7-5-8-14-29)31-19-21-33-36(27-31)53-37-28-32(45(4-2)24-26-52-41(47)43-30-15-9-6-10-16-30)20-22-34(37)39(33)35-17-11-12-18-38(35)54(48,49)50/h11-12,17-22,27-30H,3-10,13-16,23-26H2,1-2H3,(H2-,42,43,46,47,48,49,50). The Bertz CT molecular complexity index is 2070. The highest BCUT2D eigenvalue weighted by molar-refractivity contribution is 7.85. The van der Waals surface area contributed by atoms with Crippen LogP contribution >= 0.6 is 0 Å². The van der Waals surface area contributed by atoms with Crippen LogP contribution < -0.4 is 25.5 Å². The second-order valence-corrected chi connectivity index (χ2v) is 15.5. The van der Waals surface area contributed by atoms with E-state index in [1.807, 2.05) is 50.2 Å². The third-order valence-corrected chi connectivity index (χ3v) is 11.5. The van der Waals surface area contributed by atoms with Gasteiger partial charge in [0.2, 0.25) is 5.36 Å². The maximum Gasteiger partial charge on any atom is 0.407 e. The molecule has 4 aliphatic rings. The molecule has 3 aliphatic carbocycles. The van der Waals surface area contributed by atoms with Crippen LogP contribution in [0, 0.1) is 0 Å². The van der Waals surface area contributed by atoms with Crippen LogP contribution in [0.1, 0.15) is 78.1 Å². The molecule has 0 bridgehead atoms. The van der Waals surface area contributed by atoms with Crippen molar-refractivity contribution in [3.05, 3.63) is 66.0 Å². The lowest BCUT2D eigenvalue weighted by Gasteiger charge is -2.25.